The topological polar surface area (TPSA) is 46.1 Å². The third-order valence-electron chi connectivity index (χ3n) is 2.20. The van der Waals surface area contributed by atoms with E-state index in [4.69, 9.17) is 0 Å². The molecular weight excluding hydrogens is 197 g/mol. The van der Waals surface area contributed by atoms with E-state index < -0.39 is 0 Å². The van der Waals surface area contributed by atoms with Crippen LogP contribution in [0.15, 0.2) is 12.4 Å². The Labute approximate surface area is 85.0 Å². The van der Waals surface area contributed by atoms with Gasteiger partial charge in [-0.15, -0.1) is 0 Å². The zero-order chi connectivity index (χ0) is 10.1. The number of anilines is 1. The van der Waals surface area contributed by atoms with Gasteiger partial charge in [-0.2, -0.15) is 0 Å². The first-order chi connectivity index (χ1) is 6.68. The third kappa shape index (κ3) is 1.90. The number of nitrogens with zero attached hydrogens (tertiary/aromatic N) is 3. The Morgan fingerprint density at radius 2 is 2.29 bits per heavy atom. The Morgan fingerprint density at radius 1 is 1.57 bits per heavy atom. The molecule has 1 aromatic rings. The predicted octanol–water partition coefficient (Wildman–Crippen LogP) is 1.32. The Bertz CT molecular complexity index is 365. The Hall–Kier alpha value is -1.02. The molecule has 0 aliphatic heterocycles. The molecule has 14 heavy (non-hydrogen) atoms. The monoisotopic (exact) mass is 209 g/mol. The lowest BCUT2D eigenvalue weighted by Gasteiger charge is -2.15. The van der Waals surface area contributed by atoms with Crippen molar-refractivity contribution >= 4 is 21.1 Å². The number of carbonyl (C=O) groups is 1. The van der Waals surface area contributed by atoms with E-state index in [2.05, 4.69) is 19.4 Å². The number of rotatable bonds is 2. The van der Waals surface area contributed by atoms with Crippen LogP contribution in [0.2, 0.25) is 0 Å². The van der Waals surface area contributed by atoms with Gasteiger partial charge in [0, 0.05) is 17.7 Å². The van der Waals surface area contributed by atoms with E-state index in [0.29, 0.717) is 5.82 Å². The van der Waals surface area contributed by atoms with Crippen LogP contribution in [-0.4, -0.2) is 15.9 Å². The van der Waals surface area contributed by atoms with Crippen LogP contribution in [-0.2, 0) is 4.79 Å². The molecule has 0 aromatic carbocycles. The van der Waals surface area contributed by atoms with Crippen LogP contribution in [0.5, 0.6) is 0 Å². The average molecular weight is 209 g/mol. The zero-order valence-electron chi connectivity index (χ0n) is 7.97. The molecular formula is C9H12N3OP. The molecule has 4 nitrogen and oxygen atoms in total. The number of aryl methyl sites for hydroxylation is 1. The van der Waals surface area contributed by atoms with Crippen molar-refractivity contribution in [2.45, 2.75) is 19.8 Å². The summed E-state index contributed by atoms with van der Waals surface area (Å²) in [6, 6.07) is 1.80. The van der Waals surface area contributed by atoms with Crippen molar-refractivity contribution in [1.82, 2.24) is 9.97 Å². The fraction of sp³-hybridized carbons (Fsp3) is 0.444. The summed E-state index contributed by atoms with van der Waals surface area (Å²) in [5.41, 5.74) is 0.867. The SMILES string of the molecule is Cc1cc(N(P)C(=O)C2CC2)ncn1. The van der Waals surface area contributed by atoms with Crippen LogP contribution in [0, 0.1) is 12.8 Å². The second-order valence-electron chi connectivity index (χ2n) is 3.50. The molecule has 0 N–H and O–H groups in total. The van der Waals surface area contributed by atoms with Gasteiger partial charge >= 0.3 is 0 Å². The second-order valence-corrected chi connectivity index (χ2v) is 4.02. The summed E-state index contributed by atoms with van der Waals surface area (Å²) in [5.74, 6) is 0.996. The molecule has 1 aliphatic carbocycles. The van der Waals surface area contributed by atoms with Crippen molar-refractivity contribution in [3.63, 3.8) is 0 Å². The maximum absolute atomic E-state index is 11.7. The highest BCUT2D eigenvalue weighted by molar-refractivity contribution is 7.21. The highest BCUT2D eigenvalue weighted by Crippen LogP contribution is 2.33. The average Bonchev–Trinajstić information content (AvgIpc) is 2.99. The van der Waals surface area contributed by atoms with Crippen molar-refractivity contribution < 1.29 is 4.79 Å². The van der Waals surface area contributed by atoms with Crippen molar-refractivity contribution in [2.24, 2.45) is 5.92 Å². The van der Waals surface area contributed by atoms with Gasteiger partial charge in [-0.1, -0.05) is 0 Å². The third-order valence-corrected chi connectivity index (χ3v) is 2.72. The molecule has 1 atom stereocenters. The standard InChI is InChI=1S/C9H12N3OP/c1-6-4-8(11-5-10-6)12(14)9(13)7-2-3-7/h4-5,7H,2-3,14H2,1H3. The maximum atomic E-state index is 11.7. The smallest absolute Gasteiger partial charge is 0.234 e. The van der Waals surface area contributed by atoms with Crippen molar-refractivity contribution in [1.29, 1.82) is 0 Å². The van der Waals surface area contributed by atoms with E-state index in [1.807, 2.05) is 6.92 Å². The van der Waals surface area contributed by atoms with Crippen LogP contribution in [0.3, 0.4) is 0 Å². The van der Waals surface area contributed by atoms with Gasteiger partial charge in [0.15, 0.2) is 0 Å². The van der Waals surface area contributed by atoms with E-state index in [9.17, 15) is 4.79 Å². The minimum atomic E-state index is 0.133. The highest BCUT2D eigenvalue weighted by atomic mass is 31.0. The van der Waals surface area contributed by atoms with Gasteiger partial charge in [0.2, 0.25) is 5.91 Å². The summed E-state index contributed by atoms with van der Waals surface area (Å²) in [6.45, 7) is 1.88. The lowest BCUT2D eigenvalue weighted by Crippen LogP contribution is -2.22. The van der Waals surface area contributed by atoms with Gasteiger partial charge < -0.3 is 0 Å². The molecule has 0 radical (unpaired) electrons. The Balaban J connectivity index is 2.17. The second kappa shape index (κ2) is 3.62. The summed E-state index contributed by atoms with van der Waals surface area (Å²) >= 11 is 0. The molecule has 1 unspecified atom stereocenters. The summed E-state index contributed by atoms with van der Waals surface area (Å²) in [6.07, 6.45) is 3.49. The molecule has 1 saturated carbocycles. The quantitative estimate of drug-likeness (QED) is 0.690. The number of hydrogen-bond acceptors (Lipinski definition) is 3. The van der Waals surface area contributed by atoms with Gasteiger partial charge in [-0.25, -0.2) is 9.97 Å². The fourth-order valence-corrected chi connectivity index (χ4v) is 1.56. The first-order valence-corrected chi connectivity index (χ1v) is 5.07. The molecule has 74 valence electrons. The van der Waals surface area contributed by atoms with E-state index in [-0.39, 0.29) is 11.8 Å². The number of aromatic nitrogens is 2. The molecule has 1 fully saturated rings. The summed E-state index contributed by atoms with van der Waals surface area (Å²) in [7, 11) is 2.41. The molecule has 1 aliphatic rings. The molecule has 2 rings (SSSR count). The van der Waals surface area contributed by atoms with Gasteiger partial charge in [0.25, 0.3) is 0 Å². The van der Waals surface area contributed by atoms with Gasteiger partial charge in [-0.3, -0.25) is 9.46 Å². The molecule has 0 saturated heterocycles. The molecule has 0 bridgehead atoms. The van der Waals surface area contributed by atoms with E-state index in [1.165, 1.54) is 11.0 Å². The lowest BCUT2D eigenvalue weighted by molar-refractivity contribution is -0.118. The lowest BCUT2D eigenvalue weighted by atomic mass is 10.3. The molecule has 1 amide bonds. The normalized spacial score (nSPS) is 15.3. The Morgan fingerprint density at radius 3 is 2.86 bits per heavy atom. The minimum absolute atomic E-state index is 0.133. The van der Waals surface area contributed by atoms with Crippen molar-refractivity contribution in [2.75, 3.05) is 4.67 Å². The minimum Gasteiger partial charge on any atom is -0.281 e. The summed E-state index contributed by atoms with van der Waals surface area (Å²) in [4.78, 5) is 19.7. The van der Waals surface area contributed by atoms with Crippen LogP contribution in [0.1, 0.15) is 18.5 Å². The highest BCUT2D eigenvalue weighted by Gasteiger charge is 2.33. The number of hydrogen-bond donors (Lipinski definition) is 0. The number of amides is 1. The molecule has 1 aromatic heterocycles. The van der Waals surface area contributed by atoms with Gasteiger partial charge in [0.05, 0.1) is 0 Å². The first-order valence-electron chi connectivity index (χ1n) is 4.56. The Kier molecular flexibility index (Phi) is 2.46. The van der Waals surface area contributed by atoms with Crippen LogP contribution in [0.25, 0.3) is 0 Å². The fourth-order valence-electron chi connectivity index (χ4n) is 1.21. The summed E-state index contributed by atoms with van der Waals surface area (Å²) in [5, 5.41) is 0. The van der Waals surface area contributed by atoms with E-state index in [1.54, 1.807) is 6.07 Å². The van der Waals surface area contributed by atoms with Crippen molar-refractivity contribution in [3.05, 3.63) is 18.1 Å². The molecule has 1 heterocycles. The van der Waals surface area contributed by atoms with Crippen LogP contribution < -0.4 is 4.67 Å². The summed E-state index contributed by atoms with van der Waals surface area (Å²) < 4.78 is 1.53. The molecule has 0 spiro atoms. The van der Waals surface area contributed by atoms with E-state index in [0.717, 1.165) is 18.5 Å². The van der Waals surface area contributed by atoms with Crippen LogP contribution >= 0.6 is 9.39 Å². The van der Waals surface area contributed by atoms with Gasteiger partial charge in [-0.05, 0) is 29.2 Å². The largest absolute Gasteiger partial charge is 0.281 e. The first kappa shape index (κ1) is 9.53. The number of carbonyl (C=O) groups excluding carboxylic acids is 1. The van der Waals surface area contributed by atoms with E-state index >= 15 is 0 Å². The predicted molar refractivity (Wildman–Crippen MR) is 56.7 cm³/mol. The van der Waals surface area contributed by atoms with Crippen molar-refractivity contribution in [3.8, 4) is 0 Å². The maximum Gasteiger partial charge on any atom is 0.234 e. The zero-order valence-corrected chi connectivity index (χ0v) is 9.13. The molecule has 5 heteroatoms. The van der Waals surface area contributed by atoms with Gasteiger partial charge in [0.1, 0.15) is 12.1 Å². The van der Waals surface area contributed by atoms with Crippen LogP contribution in [0.4, 0.5) is 5.82 Å².